The van der Waals surface area contributed by atoms with Gasteiger partial charge in [0.2, 0.25) is 0 Å². The molecular formula is C17H30N4O2S. The van der Waals surface area contributed by atoms with Crippen LogP contribution in [-0.4, -0.2) is 61.9 Å². The van der Waals surface area contributed by atoms with Gasteiger partial charge >= 0.3 is 0 Å². The maximum Gasteiger partial charge on any atom is 0.194 e. The maximum absolute atomic E-state index is 5.68. The van der Waals surface area contributed by atoms with E-state index in [1.807, 2.05) is 14.0 Å². The molecule has 0 bridgehead atoms. The van der Waals surface area contributed by atoms with Crippen LogP contribution in [0, 0.1) is 6.92 Å². The van der Waals surface area contributed by atoms with Gasteiger partial charge in [0.15, 0.2) is 5.96 Å². The number of guanidine groups is 1. The molecule has 1 aromatic rings. The number of thiazole rings is 1. The van der Waals surface area contributed by atoms with Crippen LogP contribution in [0.4, 0.5) is 0 Å². The minimum atomic E-state index is 0.304. The van der Waals surface area contributed by atoms with E-state index in [9.17, 15) is 0 Å². The van der Waals surface area contributed by atoms with Crippen LogP contribution in [0.25, 0.3) is 0 Å². The smallest absolute Gasteiger partial charge is 0.194 e. The molecule has 0 aliphatic carbocycles. The van der Waals surface area contributed by atoms with E-state index in [1.54, 1.807) is 11.3 Å². The molecule has 2 rings (SSSR count). The van der Waals surface area contributed by atoms with Crippen molar-refractivity contribution in [3.63, 3.8) is 0 Å². The Hall–Kier alpha value is -1.18. The van der Waals surface area contributed by atoms with E-state index >= 15 is 0 Å². The zero-order chi connectivity index (χ0) is 17.2. The summed E-state index contributed by atoms with van der Waals surface area (Å²) in [5.74, 6) is 0.919. The fourth-order valence-electron chi connectivity index (χ4n) is 2.61. The SMILES string of the molecule is CCNC(=NCCCOCC1CCCO1)N(C)Cc1csc(C)n1. The molecule has 1 aliphatic rings. The Morgan fingerprint density at radius 2 is 2.46 bits per heavy atom. The summed E-state index contributed by atoms with van der Waals surface area (Å²) in [6.07, 6.45) is 3.52. The summed E-state index contributed by atoms with van der Waals surface area (Å²) in [7, 11) is 2.05. The lowest BCUT2D eigenvalue weighted by Gasteiger charge is -2.21. The third-order valence-electron chi connectivity index (χ3n) is 3.80. The summed E-state index contributed by atoms with van der Waals surface area (Å²) in [4.78, 5) is 11.3. The predicted molar refractivity (Wildman–Crippen MR) is 98.7 cm³/mol. The third kappa shape index (κ3) is 6.75. The van der Waals surface area contributed by atoms with Crippen molar-refractivity contribution in [1.82, 2.24) is 15.2 Å². The van der Waals surface area contributed by atoms with Gasteiger partial charge in [-0.15, -0.1) is 11.3 Å². The molecule has 1 aliphatic heterocycles. The standard InChI is InChI=1S/C17H30N4O2S/c1-4-18-17(21(3)11-15-13-24-14(2)20-15)19-8-6-9-22-12-16-7-5-10-23-16/h13,16H,4-12H2,1-3H3,(H,18,19). The molecule has 0 amide bonds. The van der Waals surface area contributed by atoms with Crippen molar-refractivity contribution >= 4 is 17.3 Å². The topological polar surface area (TPSA) is 59.0 Å². The van der Waals surface area contributed by atoms with Crippen LogP contribution < -0.4 is 5.32 Å². The van der Waals surface area contributed by atoms with Gasteiger partial charge in [-0.1, -0.05) is 0 Å². The molecule has 136 valence electrons. The lowest BCUT2D eigenvalue weighted by molar-refractivity contribution is 0.0170. The number of aliphatic imine (C=N–C) groups is 1. The van der Waals surface area contributed by atoms with Gasteiger partial charge in [-0.2, -0.15) is 0 Å². The summed E-state index contributed by atoms with van der Waals surface area (Å²) < 4.78 is 11.2. The monoisotopic (exact) mass is 354 g/mol. The Bertz CT molecular complexity index is 501. The van der Waals surface area contributed by atoms with Gasteiger partial charge in [-0.3, -0.25) is 4.99 Å². The molecule has 0 saturated carbocycles. The second-order valence-corrected chi connectivity index (χ2v) is 7.08. The summed E-state index contributed by atoms with van der Waals surface area (Å²) in [6, 6.07) is 0. The second kappa shape index (κ2) is 10.6. The van der Waals surface area contributed by atoms with E-state index in [2.05, 4.69) is 32.5 Å². The zero-order valence-electron chi connectivity index (χ0n) is 15.1. The Morgan fingerprint density at radius 3 is 3.12 bits per heavy atom. The maximum atomic E-state index is 5.68. The Kier molecular flexibility index (Phi) is 8.49. The highest BCUT2D eigenvalue weighted by atomic mass is 32.1. The second-order valence-electron chi connectivity index (χ2n) is 6.01. The molecule has 1 N–H and O–H groups in total. The normalized spacial score (nSPS) is 18.1. The Balaban J connectivity index is 1.68. The summed E-state index contributed by atoms with van der Waals surface area (Å²) >= 11 is 1.68. The number of ether oxygens (including phenoxy) is 2. The van der Waals surface area contributed by atoms with E-state index < -0.39 is 0 Å². The van der Waals surface area contributed by atoms with Gasteiger partial charge < -0.3 is 19.7 Å². The number of hydrogen-bond donors (Lipinski definition) is 1. The highest BCUT2D eigenvalue weighted by Crippen LogP contribution is 2.12. The Labute approximate surface area is 149 Å². The van der Waals surface area contributed by atoms with Crippen molar-refractivity contribution in [3.8, 4) is 0 Å². The van der Waals surface area contributed by atoms with Gasteiger partial charge in [0, 0.05) is 38.7 Å². The van der Waals surface area contributed by atoms with Crippen LogP contribution in [0.2, 0.25) is 0 Å². The van der Waals surface area contributed by atoms with E-state index in [4.69, 9.17) is 9.47 Å². The van der Waals surface area contributed by atoms with Crippen molar-refractivity contribution in [2.75, 3.05) is 40.0 Å². The first-order valence-electron chi connectivity index (χ1n) is 8.79. The molecule has 0 aromatic carbocycles. The third-order valence-corrected chi connectivity index (χ3v) is 4.62. The zero-order valence-corrected chi connectivity index (χ0v) is 15.9. The van der Waals surface area contributed by atoms with Crippen molar-refractivity contribution in [2.24, 2.45) is 4.99 Å². The molecule has 2 heterocycles. The molecule has 6 nitrogen and oxygen atoms in total. The largest absolute Gasteiger partial charge is 0.379 e. The predicted octanol–water partition coefficient (Wildman–Crippen LogP) is 2.43. The van der Waals surface area contributed by atoms with E-state index in [-0.39, 0.29) is 0 Å². The van der Waals surface area contributed by atoms with Crippen LogP contribution in [0.15, 0.2) is 10.4 Å². The highest BCUT2D eigenvalue weighted by Gasteiger charge is 2.15. The fraction of sp³-hybridized carbons (Fsp3) is 0.765. The van der Waals surface area contributed by atoms with E-state index in [0.29, 0.717) is 12.7 Å². The summed E-state index contributed by atoms with van der Waals surface area (Å²) in [5, 5.41) is 6.54. The fourth-order valence-corrected chi connectivity index (χ4v) is 3.21. The highest BCUT2D eigenvalue weighted by molar-refractivity contribution is 7.09. The van der Waals surface area contributed by atoms with Gasteiger partial charge in [0.05, 0.1) is 30.0 Å². The number of aryl methyl sites for hydroxylation is 1. The van der Waals surface area contributed by atoms with Gasteiger partial charge in [-0.25, -0.2) is 4.98 Å². The number of nitrogens with zero attached hydrogens (tertiary/aromatic N) is 3. The number of nitrogens with one attached hydrogen (secondary N) is 1. The molecule has 1 atom stereocenters. The minimum Gasteiger partial charge on any atom is -0.379 e. The lowest BCUT2D eigenvalue weighted by atomic mass is 10.2. The Morgan fingerprint density at radius 1 is 1.58 bits per heavy atom. The van der Waals surface area contributed by atoms with Crippen LogP contribution in [0.1, 0.15) is 36.9 Å². The van der Waals surface area contributed by atoms with Crippen molar-refractivity contribution < 1.29 is 9.47 Å². The van der Waals surface area contributed by atoms with Crippen LogP contribution in [0.3, 0.4) is 0 Å². The van der Waals surface area contributed by atoms with Crippen molar-refractivity contribution in [1.29, 1.82) is 0 Å². The first-order chi connectivity index (χ1) is 11.7. The van der Waals surface area contributed by atoms with Crippen molar-refractivity contribution in [3.05, 3.63) is 16.1 Å². The van der Waals surface area contributed by atoms with Gasteiger partial charge in [0.1, 0.15) is 0 Å². The molecule has 1 unspecified atom stereocenters. The van der Waals surface area contributed by atoms with Crippen LogP contribution in [-0.2, 0) is 16.0 Å². The number of aromatic nitrogens is 1. The first kappa shape index (κ1) is 19.1. The lowest BCUT2D eigenvalue weighted by Crippen LogP contribution is -2.38. The quantitative estimate of drug-likeness (QED) is 0.419. The summed E-state index contributed by atoms with van der Waals surface area (Å²) in [6.45, 7) is 8.83. The van der Waals surface area contributed by atoms with Gasteiger partial charge in [0.25, 0.3) is 0 Å². The first-order valence-corrected chi connectivity index (χ1v) is 9.66. The van der Waals surface area contributed by atoms with Crippen molar-refractivity contribution in [2.45, 2.75) is 45.8 Å². The van der Waals surface area contributed by atoms with Gasteiger partial charge in [-0.05, 0) is 33.1 Å². The van der Waals surface area contributed by atoms with E-state index in [0.717, 1.165) is 68.8 Å². The van der Waals surface area contributed by atoms with Crippen LogP contribution >= 0.6 is 11.3 Å². The molecule has 0 radical (unpaired) electrons. The molecule has 0 spiro atoms. The molecule has 24 heavy (non-hydrogen) atoms. The molecule has 1 fully saturated rings. The number of hydrogen-bond acceptors (Lipinski definition) is 5. The number of rotatable bonds is 9. The summed E-state index contributed by atoms with van der Waals surface area (Å²) in [5.41, 5.74) is 1.09. The molecular weight excluding hydrogens is 324 g/mol. The van der Waals surface area contributed by atoms with Crippen LogP contribution in [0.5, 0.6) is 0 Å². The average Bonchev–Trinajstić information content (AvgIpc) is 3.21. The average molecular weight is 355 g/mol. The molecule has 1 aromatic heterocycles. The minimum absolute atomic E-state index is 0.304. The van der Waals surface area contributed by atoms with E-state index in [1.165, 1.54) is 0 Å². The molecule has 7 heteroatoms. The molecule has 1 saturated heterocycles.